The van der Waals surface area contributed by atoms with Gasteiger partial charge in [-0.1, -0.05) is 66.3 Å². The summed E-state index contributed by atoms with van der Waals surface area (Å²) in [6, 6.07) is 23.9. The Morgan fingerprint density at radius 2 is 1.17 bits per heavy atom. The molecule has 0 unspecified atom stereocenters. The molecule has 4 aromatic carbocycles. The monoisotopic (exact) mass is 759 g/mol. The fourth-order valence-corrected chi connectivity index (χ4v) is 4.55. The number of para-hydroxylation sites is 1. The highest BCUT2D eigenvalue weighted by molar-refractivity contribution is 7.22. The van der Waals surface area contributed by atoms with Crippen LogP contribution in [0.2, 0.25) is 0 Å². The first-order valence-corrected chi connectivity index (χ1v) is 15.2. The van der Waals surface area contributed by atoms with Crippen LogP contribution in [0.15, 0.2) is 116 Å². The van der Waals surface area contributed by atoms with E-state index in [0.717, 1.165) is 28.6 Å². The van der Waals surface area contributed by atoms with Gasteiger partial charge in [0.05, 0.1) is 21.3 Å². The van der Waals surface area contributed by atoms with Gasteiger partial charge in [-0.15, -0.1) is 0 Å². The number of nitrogen functional groups attached to an aromatic ring is 1. The molecule has 1 heterocycles. The normalized spacial score (nSPS) is 9.26. The van der Waals surface area contributed by atoms with Crippen molar-refractivity contribution in [2.75, 3.05) is 19.3 Å². The molecule has 5 rings (SSSR count). The maximum atomic E-state index is 12.6. The van der Waals surface area contributed by atoms with Crippen LogP contribution >= 0.6 is 11.3 Å². The van der Waals surface area contributed by atoms with E-state index < -0.39 is 23.9 Å². The zero-order valence-corrected chi connectivity index (χ0v) is 27.1. The number of esters is 4. The van der Waals surface area contributed by atoms with Gasteiger partial charge in [-0.05, 0) is 78.9 Å². The van der Waals surface area contributed by atoms with Crippen molar-refractivity contribution in [3.8, 4) is 23.0 Å². The van der Waals surface area contributed by atoms with Gasteiger partial charge in [-0.3, -0.25) is 0 Å². The lowest BCUT2D eigenvalue weighted by atomic mass is 10.2. The molecule has 1 aromatic heterocycles. The van der Waals surface area contributed by atoms with Crippen molar-refractivity contribution in [2.45, 2.75) is 29.7 Å². The number of nitrogens with one attached hydrogen (secondary N) is 1. The van der Waals surface area contributed by atoms with Gasteiger partial charge in [-0.2, -0.15) is 0 Å². The van der Waals surface area contributed by atoms with Crippen molar-refractivity contribution in [3.05, 3.63) is 133 Å². The van der Waals surface area contributed by atoms with Gasteiger partial charge < -0.3 is 39.6 Å². The maximum absolute atomic E-state index is 12.6. The minimum Gasteiger partial charge on any atom is -0.457 e. The number of carbonyl (C=O) groups is 4. The molecule has 0 atom stereocenters. The number of nitrogens with two attached hydrogens (primary N) is 1. The lowest BCUT2D eigenvalue weighted by Crippen LogP contribution is -2.11. The summed E-state index contributed by atoms with van der Waals surface area (Å²) < 4.78 is 31.8. The Hall–Kier alpha value is -6.80. The van der Waals surface area contributed by atoms with Crippen LogP contribution < -0.4 is 24.7 Å². The smallest absolute Gasteiger partial charge is 0.343 e. The maximum Gasteiger partial charge on any atom is 0.343 e. The zero-order valence-electron chi connectivity index (χ0n) is 26.2. The minimum atomic E-state index is -0.695. The number of rotatable bonds is 13. The highest BCUT2D eigenvalue weighted by Gasteiger charge is 2.15. The molecule has 54 heavy (non-hydrogen) atoms. The molecule has 0 amide bonds. The standard InChI is InChI=1S/C29H23NO10.C7H6N2S.4CH4/c1-3-26(31)37-17-35-22-9-5-19(6-10-22)28(33)39-24-13-14-25(21(15-24)16-30)40-29(34)20-7-11-23(12-8-20)36-18-38-27(32)4-2;8-7-9-5-3-1-2-4-6(5)10-7;;;;/h3-16,30H,1-2,17-18H2;1-4H,(H2,8,9);4*1H4. The van der Waals surface area contributed by atoms with Gasteiger partial charge in [0.15, 0.2) is 5.13 Å². The number of nitrogens with zero attached hydrogens (tertiary/aromatic N) is 1. The van der Waals surface area contributed by atoms with Crippen molar-refractivity contribution in [2.24, 2.45) is 0 Å². The molecular formula is C40H45N3O10S. The van der Waals surface area contributed by atoms with E-state index in [-0.39, 0.29) is 71.5 Å². The Morgan fingerprint density at radius 3 is 1.65 bits per heavy atom. The number of fused-ring (bicyclic) bond motifs is 1. The predicted octanol–water partition coefficient (Wildman–Crippen LogP) is 8.68. The molecule has 0 saturated carbocycles. The van der Waals surface area contributed by atoms with Crippen LogP contribution in [0.25, 0.3) is 10.2 Å². The number of benzene rings is 4. The Morgan fingerprint density at radius 1 is 0.685 bits per heavy atom. The van der Waals surface area contributed by atoms with Gasteiger partial charge in [0, 0.05) is 23.9 Å². The third-order valence-electron chi connectivity index (χ3n) is 6.23. The molecular weight excluding hydrogens is 715 g/mol. The van der Waals surface area contributed by atoms with Crippen LogP contribution in [0.4, 0.5) is 5.13 Å². The summed E-state index contributed by atoms with van der Waals surface area (Å²) in [5, 5.41) is 8.31. The average Bonchev–Trinajstić information content (AvgIpc) is 3.52. The lowest BCUT2D eigenvalue weighted by molar-refractivity contribution is -0.145. The van der Waals surface area contributed by atoms with Crippen LogP contribution in [0.5, 0.6) is 23.0 Å². The van der Waals surface area contributed by atoms with E-state index in [2.05, 4.69) is 18.1 Å². The molecule has 286 valence electrons. The fourth-order valence-electron chi connectivity index (χ4n) is 3.81. The van der Waals surface area contributed by atoms with Crippen LogP contribution in [0.3, 0.4) is 0 Å². The van der Waals surface area contributed by atoms with E-state index >= 15 is 0 Å². The SMILES string of the molecule is C.C.C.C.C=CC(=O)OCOc1ccc(C(=O)Oc2ccc(OC(=O)c3ccc(OCOC(=O)C=C)cc3)c(C=N)c2)cc1.Nc1nc2ccccc2s1. The summed E-state index contributed by atoms with van der Waals surface area (Å²) >= 11 is 1.52. The molecule has 5 aromatic rings. The van der Waals surface area contributed by atoms with Crippen LogP contribution in [0.1, 0.15) is 56.0 Å². The lowest BCUT2D eigenvalue weighted by Gasteiger charge is -2.11. The second-order valence-corrected chi connectivity index (χ2v) is 10.6. The summed E-state index contributed by atoms with van der Waals surface area (Å²) in [6.07, 6.45) is 2.97. The molecule has 3 N–H and O–H groups in total. The Balaban J connectivity index is 0.00000172. The molecule has 0 radical (unpaired) electrons. The number of ether oxygens (including phenoxy) is 6. The number of thiazole rings is 1. The average molecular weight is 760 g/mol. The molecule has 0 aliphatic rings. The molecule has 0 fully saturated rings. The van der Waals surface area contributed by atoms with E-state index in [9.17, 15) is 19.2 Å². The van der Waals surface area contributed by atoms with Gasteiger partial charge in [-0.25, -0.2) is 24.2 Å². The van der Waals surface area contributed by atoms with Crippen molar-refractivity contribution < 1.29 is 47.6 Å². The topological polar surface area (TPSA) is 186 Å². The number of carbonyl (C=O) groups excluding carboxylic acids is 4. The summed E-state index contributed by atoms with van der Waals surface area (Å²) in [4.78, 5) is 51.3. The molecule has 0 spiro atoms. The minimum absolute atomic E-state index is 0. The van der Waals surface area contributed by atoms with E-state index in [1.165, 1.54) is 78.1 Å². The van der Waals surface area contributed by atoms with Gasteiger partial charge in [0.2, 0.25) is 13.6 Å². The molecule has 0 bridgehead atoms. The summed E-state index contributed by atoms with van der Waals surface area (Å²) in [7, 11) is 0. The molecule has 14 heteroatoms. The van der Waals surface area contributed by atoms with E-state index in [0.29, 0.717) is 16.6 Å². The first-order chi connectivity index (χ1) is 24.2. The highest BCUT2D eigenvalue weighted by atomic mass is 32.1. The van der Waals surface area contributed by atoms with Crippen LogP contribution in [-0.4, -0.2) is 48.7 Å². The highest BCUT2D eigenvalue weighted by Crippen LogP contribution is 2.26. The van der Waals surface area contributed by atoms with Crippen LogP contribution in [-0.2, 0) is 19.1 Å². The second kappa shape index (κ2) is 23.6. The van der Waals surface area contributed by atoms with Gasteiger partial charge >= 0.3 is 23.9 Å². The molecule has 0 saturated heterocycles. The molecule has 0 aliphatic heterocycles. The third-order valence-corrected chi connectivity index (χ3v) is 7.09. The van der Waals surface area contributed by atoms with Gasteiger partial charge in [0.1, 0.15) is 23.0 Å². The number of hydrogen-bond donors (Lipinski definition) is 2. The Kier molecular flexibility index (Phi) is 20.7. The Bertz CT molecular complexity index is 1980. The Labute approximate surface area is 319 Å². The first-order valence-electron chi connectivity index (χ1n) is 14.4. The number of aromatic nitrogens is 1. The largest absolute Gasteiger partial charge is 0.457 e. The van der Waals surface area contributed by atoms with Crippen molar-refractivity contribution >= 4 is 56.8 Å². The van der Waals surface area contributed by atoms with Crippen molar-refractivity contribution in [3.63, 3.8) is 0 Å². The number of anilines is 1. The van der Waals surface area contributed by atoms with E-state index in [1.807, 2.05) is 24.3 Å². The second-order valence-electron chi connectivity index (χ2n) is 9.55. The molecule has 0 aliphatic carbocycles. The van der Waals surface area contributed by atoms with E-state index in [1.54, 1.807) is 0 Å². The van der Waals surface area contributed by atoms with Crippen LogP contribution in [0, 0.1) is 5.41 Å². The zero-order chi connectivity index (χ0) is 35.9. The number of hydrogen-bond acceptors (Lipinski definition) is 14. The van der Waals surface area contributed by atoms with Gasteiger partial charge in [0.25, 0.3) is 0 Å². The first kappa shape index (κ1) is 47.2. The van der Waals surface area contributed by atoms with Crippen molar-refractivity contribution in [1.82, 2.24) is 4.98 Å². The summed E-state index contributed by atoms with van der Waals surface area (Å²) in [6.45, 7) is 5.92. The van der Waals surface area contributed by atoms with E-state index in [4.69, 9.17) is 39.6 Å². The summed E-state index contributed by atoms with van der Waals surface area (Å²) in [5.41, 5.74) is 7.10. The predicted molar refractivity (Wildman–Crippen MR) is 212 cm³/mol. The summed E-state index contributed by atoms with van der Waals surface area (Å²) in [5.74, 6) is -1.71. The van der Waals surface area contributed by atoms with Crippen molar-refractivity contribution in [1.29, 1.82) is 5.41 Å². The quantitative estimate of drug-likeness (QED) is 0.0383. The fraction of sp³-hybridized carbons (Fsp3) is 0.150. The molecule has 13 nitrogen and oxygen atoms in total. The third kappa shape index (κ3) is 14.1.